The van der Waals surface area contributed by atoms with Crippen molar-refractivity contribution < 1.29 is 9.53 Å². The molecule has 0 unspecified atom stereocenters. The van der Waals surface area contributed by atoms with Crippen LogP contribution in [0.4, 0.5) is 11.4 Å². The third-order valence-electron chi connectivity index (χ3n) is 2.34. The predicted octanol–water partition coefficient (Wildman–Crippen LogP) is 3.95. The third-order valence-corrected chi connectivity index (χ3v) is 2.34. The van der Waals surface area contributed by atoms with E-state index in [-0.39, 0.29) is 0 Å². The molecular weight excluding hydrogens is 228 g/mol. The Morgan fingerprint density at radius 1 is 0.889 bits per heavy atom. The molecule has 2 aromatic carbocycles. The number of hydrogen-bond acceptors (Lipinski definition) is 4. The summed E-state index contributed by atoms with van der Waals surface area (Å²) in [4.78, 5) is 10.1. The first-order chi connectivity index (χ1) is 8.78. The Labute approximate surface area is 105 Å². The lowest BCUT2D eigenvalue weighted by atomic mass is 10.2. The Hall–Kier alpha value is -2.49. The molecule has 0 amide bonds. The van der Waals surface area contributed by atoms with Crippen LogP contribution >= 0.6 is 0 Å². The summed E-state index contributed by atoms with van der Waals surface area (Å²) in [7, 11) is 0. The number of aryl methyl sites for hydroxylation is 1. The van der Waals surface area contributed by atoms with E-state index in [4.69, 9.17) is 0 Å². The van der Waals surface area contributed by atoms with Gasteiger partial charge >= 0.3 is 0 Å². The summed E-state index contributed by atoms with van der Waals surface area (Å²) in [6.07, 6.45) is 0. The van der Waals surface area contributed by atoms with Crippen molar-refractivity contribution in [3.63, 3.8) is 0 Å². The van der Waals surface area contributed by atoms with Crippen LogP contribution < -0.4 is 4.74 Å². The third kappa shape index (κ3) is 3.25. The highest BCUT2D eigenvalue weighted by Gasteiger charge is 1.94. The van der Waals surface area contributed by atoms with Gasteiger partial charge in [-0.2, -0.15) is 10.2 Å². The molecule has 90 valence electrons. The fraction of sp³-hybridized carbons (Fsp3) is 0.0714. The van der Waals surface area contributed by atoms with Gasteiger partial charge in [0.1, 0.15) is 5.75 Å². The number of nitrogens with zero attached hydrogens (tertiary/aromatic N) is 2. The molecule has 0 aliphatic rings. The van der Waals surface area contributed by atoms with Gasteiger partial charge in [0.15, 0.2) is 0 Å². The first-order valence-corrected chi connectivity index (χ1v) is 5.47. The van der Waals surface area contributed by atoms with Crippen molar-refractivity contribution in [3.05, 3.63) is 54.1 Å². The summed E-state index contributed by atoms with van der Waals surface area (Å²) < 4.78 is 4.68. The highest BCUT2D eigenvalue weighted by molar-refractivity contribution is 5.48. The number of carbonyl (C=O) groups is 1. The SMILES string of the molecule is Cc1ccc(N=Nc2ccc(OC=O)cc2)cc1. The van der Waals surface area contributed by atoms with Crippen molar-refractivity contribution >= 4 is 17.8 Å². The fourth-order valence-electron chi connectivity index (χ4n) is 1.37. The van der Waals surface area contributed by atoms with Crippen molar-refractivity contribution in [2.45, 2.75) is 6.92 Å². The van der Waals surface area contributed by atoms with E-state index >= 15 is 0 Å². The van der Waals surface area contributed by atoms with Gasteiger partial charge in [0.05, 0.1) is 11.4 Å². The minimum Gasteiger partial charge on any atom is -0.429 e. The van der Waals surface area contributed by atoms with Crippen LogP contribution in [0.25, 0.3) is 0 Å². The second-order valence-corrected chi connectivity index (χ2v) is 3.74. The number of hydrogen-bond donors (Lipinski definition) is 0. The van der Waals surface area contributed by atoms with Gasteiger partial charge in [0, 0.05) is 0 Å². The van der Waals surface area contributed by atoms with E-state index in [0.717, 1.165) is 5.69 Å². The van der Waals surface area contributed by atoms with E-state index in [1.807, 2.05) is 31.2 Å². The molecule has 4 heteroatoms. The zero-order valence-electron chi connectivity index (χ0n) is 9.91. The first kappa shape index (κ1) is 12.0. The molecule has 0 heterocycles. The van der Waals surface area contributed by atoms with E-state index in [1.165, 1.54) is 5.56 Å². The van der Waals surface area contributed by atoms with E-state index in [0.29, 0.717) is 17.9 Å². The number of ether oxygens (including phenoxy) is 1. The second-order valence-electron chi connectivity index (χ2n) is 3.74. The molecule has 0 saturated carbocycles. The Bertz CT molecular complexity index is 545. The van der Waals surface area contributed by atoms with Crippen LogP contribution in [-0.2, 0) is 4.79 Å². The highest BCUT2D eigenvalue weighted by atomic mass is 16.5. The molecule has 2 aromatic rings. The predicted molar refractivity (Wildman–Crippen MR) is 68.5 cm³/mol. The molecule has 0 aromatic heterocycles. The zero-order valence-corrected chi connectivity index (χ0v) is 9.91. The first-order valence-electron chi connectivity index (χ1n) is 5.47. The standard InChI is InChI=1S/C14H12N2O2/c1-11-2-4-12(5-3-11)15-16-13-6-8-14(9-7-13)18-10-17/h2-10H,1H3. The van der Waals surface area contributed by atoms with Gasteiger partial charge in [0.2, 0.25) is 0 Å². The average Bonchev–Trinajstić information content (AvgIpc) is 2.40. The molecule has 0 bridgehead atoms. The van der Waals surface area contributed by atoms with Crippen LogP contribution in [0.1, 0.15) is 5.56 Å². The monoisotopic (exact) mass is 240 g/mol. The summed E-state index contributed by atoms with van der Waals surface area (Å²) in [5.74, 6) is 0.485. The van der Waals surface area contributed by atoms with Crippen LogP contribution in [0.5, 0.6) is 5.75 Å². The van der Waals surface area contributed by atoms with Gasteiger partial charge in [-0.3, -0.25) is 4.79 Å². The Kier molecular flexibility index (Phi) is 3.81. The smallest absolute Gasteiger partial charge is 0.298 e. The van der Waals surface area contributed by atoms with Crippen molar-refractivity contribution in [1.29, 1.82) is 0 Å². The maximum Gasteiger partial charge on any atom is 0.298 e. The van der Waals surface area contributed by atoms with Gasteiger partial charge < -0.3 is 4.74 Å². The lowest BCUT2D eigenvalue weighted by Crippen LogP contribution is -1.86. The molecule has 0 saturated heterocycles. The minimum atomic E-state index is 0.392. The van der Waals surface area contributed by atoms with Gasteiger partial charge in [-0.1, -0.05) is 17.7 Å². The number of rotatable bonds is 4. The Balaban J connectivity index is 2.08. The summed E-state index contributed by atoms with van der Waals surface area (Å²) in [5.41, 5.74) is 2.69. The lowest BCUT2D eigenvalue weighted by molar-refractivity contribution is -0.120. The molecule has 0 aliphatic heterocycles. The van der Waals surface area contributed by atoms with Crippen LogP contribution in [0.15, 0.2) is 58.8 Å². The average molecular weight is 240 g/mol. The van der Waals surface area contributed by atoms with Gasteiger partial charge in [-0.25, -0.2) is 0 Å². The summed E-state index contributed by atoms with van der Waals surface area (Å²) in [5, 5.41) is 8.20. The highest BCUT2D eigenvalue weighted by Crippen LogP contribution is 2.21. The molecule has 0 fully saturated rings. The molecule has 0 radical (unpaired) electrons. The van der Waals surface area contributed by atoms with Gasteiger partial charge in [0.25, 0.3) is 6.47 Å². The van der Waals surface area contributed by atoms with Crippen LogP contribution in [0.3, 0.4) is 0 Å². The van der Waals surface area contributed by atoms with E-state index in [2.05, 4.69) is 15.0 Å². The summed E-state index contributed by atoms with van der Waals surface area (Å²) in [6, 6.07) is 14.6. The maximum atomic E-state index is 10.1. The quantitative estimate of drug-likeness (QED) is 0.600. The Morgan fingerprint density at radius 2 is 1.39 bits per heavy atom. The number of benzene rings is 2. The van der Waals surface area contributed by atoms with Gasteiger partial charge in [-0.05, 0) is 43.3 Å². The summed E-state index contributed by atoms with van der Waals surface area (Å²) in [6.45, 7) is 2.41. The Morgan fingerprint density at radius 3 is 1.89 bits per heavy atom. The van der Waals surface area contributed by atoms with Crippen molar-refractivity contribution in [2.75, 3.05) is 0 Å². The molecule has 0 spiro atoms. The van der Waals surface area contributed by atoms with E-state index in [9.17, 15) is 4.79 Å². The largest absolute Gasteiger partial charge is 0.429 e. The van der Waals surface area contributed by atoms with Crippen LogP contribution in [0.2, 0.25) is 0 Å². The molecule has 2 rings (SSSR count). The second kappa shape index (κ2) is 5.72. The number of azo groups is 1. The van der Waals surface area contributed by atoms with Gasteiger partial charge in [-0.15, -0.1) is 0 Å². The summed E-state index contributed by atoms with van der Waals surface area (Å²) >= 11 is 0. The van der Waals surface area contributed by atoms with Crippen molar-refractivity contribution in [3.8, 4) is 5.75 Å². The van der Waals surface area contributed by atoms with E-state index < -0.39 is 0 Å². The van der Waals surface area contributed by atoms with Crippen molar-refractivity contribution in [2.24, 2.45) is 10.2 Å². The molecule has 0 N–H and O–H groups in total. The molecular formula is C14H12N2O2. The topological polar surface area (TPSA) is 51.0 Å². The minimum absolute atomic E-state index is 0.392. The van der Waals surface area contributed by atoms with Crippen LogP contribution in [-0.4, -0.2) is 6.47 Å². The number of carbonyl (C=O) groups excluding carboxylic acids is 1. The normalized spacial score (nSPS) is 10.5. The van der Waals surface area contributed by atoms with E-state index in [1.54, 1.807) is 24.3 Å². The molecule has 18 heavy (non-hydrogen) atoms. The maximum absolute atomic E-state index is 10.1. The van der Waals surface area contributed by atoms with Crippen LogP contribution in [0, 0.1) is 6.92 Å². The molecule has 0 aliphatic carbocycles. The molecule has 0 atom stereocenters. The molecule has 4 nitrogen and oxygen atoms in total. The lowest BCUT2D eigenvalue weighted by Gasteiger charge is -1.97. The van der Waals surface area contributed by atoms with Crippen molar-refractivity contribution in [1.82, 2.24) is 0 Å². The zero-order chi connectivity index (χ0) is 12.8. The fourth-order valence-corrected chi connectivity index (χ4v) is 1.37.